The number of benzene rings is 1. The number of anilines is 1. The van der Waals surface area contributed by atoms with Crippen molar-refractivity contribution < 1.29 is 22.7 Å². The Labute approximate surface area is 226 Å². The Morgan fingerprint density at radius 1 is 1.13 bits per heavy atom. The number of carbonyl (C=O) groups excluding carboxylic acids is 1. The molecule has 0 radical (unpaired) electrons. The second kappa shape index (κ2) is 10.00. The minimum Gasteiger partial charge on any atom is -0.411 e. The van der Waals surface area contributed by atoms with Crippen molar-refractivity contribution in [2.75, 3.05) is 5.32 Å². The van der Waals surface area contributed by atoms with Gasteiger partial charge in [0.1, 0.15) is 6.61 Å². The predicted octanol–water partition coefficient (Wildman–Crippen LogP) is 6.81. The molecule has 1 N–H and O–H groups in total. The highest BCUT2D eigenvalue weighted by molar-refractivity contribution is 7.22. The number of hydrogen-bond acceptors (Lipinski definition) is 7. The van der Waals surface area contributed by atoms with Gasteiger partial charge in [0.05, 0.1) is 22.4 Å². The summed E-state index contributed by atoms with van der Waals surface area (Å²) in [6, 6.07) is 5.85. The number of thiazole rings is 1. The lowest BCUT2D eigenvalue weighted by atomic mass is 10.1. The number of alkyl halides is 2. The first-order valence-electron chi connectivity index (χ1n) is 13.0. The molecular formula is C27H34F2N4O3SSi. The highest BCUT2D eigenvalue weighted by Gasteiger charge is 2.51. The van der Waals surface area contributed by atoms with Crippen LogP contribution < -0.4 is 5.32 Å². The van der Waals surface area contributed by atoms with Gasteiger partial charge < -0.3 is 14.5 Å². The molecule has 2 aliphatic carbocycles. The van der Waals surface area contributed by atoms with Crippen LogP contribution in [0.2, 0.25) is 18.1 Å². The fourth-order valence-corrected chi connectivity index (χ4v) is 6.50. The Morgan fingerprint density at radius 3 is 2.47 bits per heavy atom. The fourth-order valence-electron chi connectivity index (χ4n) is 4.24. The Balaban J connectivity index is 1.23. The van der Waals surface area contributed by atoms with Crippen LogP contribution in [0.5, 0.6) is 0 Å². The largest absolute Gasteiger partial charge is 0.411 e. The number of nitrogens with one attached hydrogen (secondary N) is 1. The number of halogens is 2. The van der Waals surface area contributed by atoms with E-state index in [0.717, 1.165) is 34.2 Å². The van der Waals surface area contributed by atoms with Crippen LogP contribution in [0.3, 0.4) is 0 Å². The van der Waals surface area contributed by atoms with Crippen LogP contribution in [0.15, 0.2) is 30.6 Å². The van der Waals surface area contributed by atoms with Crippen LogP contribution in [0.4, 0.5) is 13.9 Å². The normalized spacial score (nSPS) is 21.7. The number of carbonyl (C=O) groups is 1. The van der Waals surface area contributed by atoms with Crippen LogP contribution in [0.1, 0.15) is 52.3 Å². The summed E-state index contributed by atoms with van der Waals surface area (Å²) >= 11 is 1.44. The van der Waals surface area contributed by atoms with Crippen LogP contribution in [-0.4, -0.2) is 47.3 Å². The van der Waals surface area contributed by atoms with Gasteiger partial charge in [0.2, 0.25) is 5.91 Å². The summed E-state index contributed by atoms with van der Waals surface area (Å²) in [5.41, 5.74) is 2.56. The van der Waals surface area contributed by atoms with Crippen LogP contribution in [0.25, 0.3) is 21.3 Å². The lowest BCUT2D eigenvalue weighted by Crippen LogP contribution is -2.46. The third kappa shape index (κ3) is 6.11. The second-order valence-corrected chi connectivity index (χ2v) is 17.7. The summed E-state index contributed by atoms with van der Waals surface area (Å²) in [6.45, 7) is 10.5. The molecule has 11 heteroatoms. The predicted molar refractivity (Wildman–Crippen MR) is 147 cm³/mol. The van der Waals surface area contributed by atoms with E-state index < -0.39 is 26.4 Å². The van der Waals surface area contributed by atoms with Gasteiger partial charge in [-0.1, -0.05) is 38.2 Å². The zero-order valence-corrected chi connectivity index (χ0v) is 24.2. The van der Waals surface area contributed by atoms with Crippen molar-refractivity contribution in [1.29, 1.82) is 0 Å². The summed E-state index contributed by atoms with van der Waals surface area (Å²) < 4.78 is 41.8. The molecule has 204 valence electrons. The molecule has 2 saturated carbocycles. The maximum atomic E-state index is 14.3. The first-order valence-corrected chi connectivity index (χ1v) is 16.7. The number of amides is 1. The highest BCUT2D eigenvalue weighted by Crippen LogP contribution is 2.44. The number of nitrogens with zero attached hydrogens (tertiary/aromatic N) is 3. The van der Waals surface area contributed by atoms with Gasteiger partial charge in [-0.05, 0) is 48.7 Å². The van der Waals surface area contributed by atoms with Crippen molar-refractivity contribution in [3.05, 3.63) is 36.4 Å². The summed E-state index contributed by atoms with van der Waals surface area (Å²) in [5.74, 6) is -2.22. The third-order valence-electron chi connectivity index (χ3n) is 7.70. The molecule has 3 aromatic rings. The molecule has 2 aromatic heterocycles. The fraction of sp³-hybridized carbons (Fsp3) is 0.556. The Hall–Kier alpha value is -2.34. The van der Waals surface area contributed by atoms with Gasteiger partial charge in [0.25, 0.3) is 5.92 Å². The lowest BCUT2D eigenvalue weighted by molar-refractivity contribution is -0.117. The number of hydrogen-bond donors (Lipinski definition) is 1. The Morgan fingerprint density at radius 2 is 1.82 bits per heavy atom. The topological polar surface area (TPSA) is 86.2 Å². The molecule has 0 spiro atoms. The average molecular weight is 561 g/mol. The number of aromatic nitrogens is 3. The zero-order chi connectivity index (χ0) is 27.3. The molecule has 7 nitrogen and oxygen atoms in total. The van der Waals surface area contributed by atoms with Crippen LogP contribution in [-0.2, 0) is 20.6 Å². The quantitative estimate of drug-likeness (QED) is 0.305. The number of rotatable bonds is 8. The van der Waals surface area contributed by atoms with Gasteiger partial charge >= 0.3 is 0 Å². The zero-order valence-electron chi connectivity index (χ0n) is 22.4. The summed E-state index contributed by atoms with van der Waals surface area (Å²) in [5, 5.41) is 3.42. The van der Waals surface area contributed by atoms with Gasteiger partial charge in [0, 0.05) is 36.7 Å². The van der Waals surface area contributed by atoms with Crippen LogP contribution in [0, 0.1) is 5.92 Å². The SMILES string of the molecule is CC(C)(C)[Si](C)(C)O[C@H]1CC(F)(F)C[C@@H]1OCc1ncc(-c2ccc3nc(NC(=O)C4CC4)sc3c2)cn1. The third-order valence-corrected chi connectivity index (χ3v) is 13.1. The van der Waals surface area contributed by atoms with Crippen molar-refractivity contribution >= 4 is 40.9 Å². The average Bonchev–Trinajstić information content (AvgIpc) is 3.54. The Kier molecular flexibility index (Phi) is 7.17. The van der Waals surface area contributed by atoms with E-state index in [1.807, 2.05) is 18.2 Å². The monoisotopic (exact) mass is 560 g/mol. The molecule has 2 aliphatic rings. The maximum Gasteiger partial charge on any atom is 0.253 e. The smallest absolute Gasteiger partial charge is 0.253 e. The first kappa shape index (κ1) is 27.2. The van der Waals surface area contributed by atoms with Gasteiger partial charge in [-0.3, -0.25) is 4.79 Å². The van der Waals surface area contributed by atoms with Gasteiger partial charge in [-0.25, -0.2) is 23.7 Å². The minimum atomic E-state index is -2.81. The van der Waals surface area contributed by atoms with Crippen molar-refractivity contribution in [2.45, 2.75) is 89.3 Å². The van der Waals surface area contributed by atoms with Gasteiger partial charge in [0.15, 0.2) is 19.3 Å². The molecule has 1 amide bonds. The molecule has 0 aliphatic heterocycles. The highest BCUT2D eigenvalue weighted by atomic mass is 32.1. The molecule has 0 unspecified atom stereocenters. The van der Waals surface area contributed by atoms with E-state index in [0.29, 0.717) is 11.0 Å². The van der Waals surface area contributed by atoms with E-state index in [4.69, 9.17) is 9.16 Å². The van der Waals surface area contributed by atoms with E-state index in [2.05, 4.69) is 54.1 Å². The molecule has 2 atom stereocenters. The molecule has 2 heterocycles. The summed E-state index contributed by atoms with van der Waals surface area (Å²) in [4.78, 5) is 25.4. The van der Waals surface area contributed by atoms with E-state index in [1.54, 1.807) is 12.4 Å². The molecule has 5 rings (SSSR count). The lowest BCUT2D eigenvalue weighted by Gasteiger charge is -2.39. The van der Waals surface area contributed by atoms with Crippen molar-refractivity contribution in [3.8, 4) is 11.1 Å². The minimum absolute atomic E-state index is 0.0367. The van der Waals surface area contributed by atoms with Gasteiger partial charge in [-0.2, -0.15) is 0 Å². The molecule has 1 aromatic carbocycles. The van der Waals surface area contributed by atoms with E-state index in [9.17, 15) is 13.6 Å². The standard InChI is InChI=1S/C27H34F2N4O3SSi/c1-26(2,3)38(4,5)36-21-12-27(28,29)11-20(21)35-15-23-30-13-18(14-31-23)17-8-9-19-22(10-17)37-25(32-19)33-24(34)16-6-7-16/h8-10,13-14,16,20-21H,6-7,11-12,15H2,1-5H3,(H,32,33,34)/t20-,21-/m0/s1. The number of ether oxygens (including phenoxy) is 1. The van der Waals surface area contributed by atoms with Crippen molar-refractivity contribution in [2.24, 2.45) is 5.92 Å². The maximum absolute atomic E-state index is 14.3. The second-order valence-electron chi connectivity index (χ2n) is 11.9. The van der Waals surface area contributed by atoms with E-state index >= 15 is 0 Å². The molecule has 0 saturated heterocycles. The first-order chi connectivity index (χ1) is 17.8. The van der Waals surface area contributed by atoms with E-state index in [1.165, 1.54) is 11.3 Å². The molecule has 0 bridgehead atoms. The summed E-state index contributed by atoms with van der Waals surface area (Å²) in [7, 11) is -2.23. The van der Waals surface area contributed by atoms with Crippen LogP contribution >= 0.6 is 11.3 Å². The molecule has 2 fully saturated rings. The molecular weight excluding hydrogens is 526 g/mol. The van der Waals surface area contributed by atoms with Crippen molar-refractivity contribution in [3.63, 3.8) is 0 Å². The van der Waals surface area contributed by atoms with Crippen molar-refractivity contribution in [1.82, 2.24) is 15.0 Å². The summed E-state index contributed by atoms with van der Waals surface area (Å²) in [6.07, 6.45) is 3.27. The molecule has 38 heavy (non-hydrogen) atoms. The Bertz CT molecular complexity index is 1320. The number of fused-ring (bicyclic) bond motifs is 1. The van der Waals surface area contributed by atoms with E-state index in [-0.39, 0.29) is 36.3 Å². The van der Waals surface area contributed by atoms with Gasteiger partial charge in [-0.15, -0.1) is 0 Å².